The number of ether oxygens (including phenoxy) is 2. The molecule has 0 saturated carbocycles. The van der Waals surface area contributed by atoms with Crippen molar-refractivity contribution < 1.29 is 9.47 Å². The van der Waals surface area contributed by atoms with Gasteiger partial charge in [0.1, 0.15) is 5.75 Å². The molecule has 0 spiro atoms. The Hall–Kier alpha value is -1.06. The number of rotatable bonds is 5. The highest BCUT2D eigenvalue weighted by Gasteiger charge is 2.37. The van der Waals surface area contributed by atoms with Crippen LogP contribution in [0.3, 0.4) is 0 Å². The maximum atomic E-state index is 6.77. The fraction of sp³-hybridized carbons (Fsp3) is 0.625. The van der Waals surface area contributed by atoms with E-state index in [2.05, 4.69) is 19.1 Å². The smallest absolute Gasteiger partial charge is 0.119 e. The second-order valence-corrected chi connectivity index (χ2v) is 5.60. The first kappa shape index (κ1) is 14.4. The van der Waals surface area contributed by atoms with Crippen molar-refractivity contribution in [1.29, 1.82) is 0 Å². The van der Waals surface area contributed by atoms with E-state index < -0.39 is 0 Å². The molecule has 2 N–H and O–H groups in total. The molecule has 0 fully saturated rings. The average molecular weight is 263 g/mol. The van der Waals surface area contributed by atoms with Crippen molar-refractivity contribution in [3.05, 3.63) is 29.3 Å². The Labute approximate surface area is 116 Å². The van der Waals surface area contributed by atoms with Gasteiger partial charge in [-0.3, -0.25) is 0 Å². The molecule has 2 rings (SSSR count). The van der Waals surface area contributed by atoms with Crippen LogP contribution in [0, 0.1) is 5.92 Å². The summed E-state index contributed by atoms with van der Waals surface area (Å²) in [7, 11) is 3.45. The second-order valence-electron chi connectivity index (χ2n) is 5.60. The molecule has 1 aromatic rings. The van der Waals surface area contributed by atoms with Crippen LogP contribution >= 0.6 is 0 Å². The van der Waals surface area contributed by atoms with Crippen molar-refractivity contribution in [2.75, 3.05) is 20.8 Å². The second kappa shape index (κ2) is 5.93. The van der Waals surface area contributed by atoms with Crippen molar-refractivity contribution in [2.45, 2.75) is 38.1 Å². The van der Waals surface area contributed by atoms with E-state index in [1.807, 2.05) is 6.07 Å². The summed E-state index contributed by atoms with van der Waals surface area (Å²) >= 11 is 0. The third-order valence-electron chi connectivity index (χ3n) is 4.49. The van der Waals surface area contributed by atoms with Crippen LogP contribution in [0.1, 0.15) is 37.3 Å². The summed E-state index contributed by atoms with van der Waals surface area (Å²) < 4.78 is 10.6. The number of hydrogen-bond acceptors (Lipinski definition) is 3. The maximum Gasteiger partial charge on any atom is 0.119 e. The zero-order valence-electron chi connectivity index (χ0n) is 12.2. The van der Waals surface area contributed by atoms with Gasteiger partial charge in [0.2, 0.25) is 0 Å². The van der Waals surface area contributed by atoms with Gasteiger partial charge in [-0.15, -0.1) is 0 Å². The molecule has 0 aromatic heterocycles. The molecule has 0 heterocycles. The molecule has 19 heavy (non-hydrogen) atoms. The van der Waals surface area contributed by atoms with Gasteiger partial charge in [0, 0.05) is 19.3 Å². The zero-order valence-corrected chi connectivity index (χ0v) is 12.2. The largest absolute Gasteiger partial charge is 0.497 e. The molecule has 106 valence electrons. The molecule has 0 amide bonds. The summed E-state index contributed by atoms with van der Waals surface area (Å²) in [6.45, 7) is 2.99. The van der Waals surface area contributed by atoms with Crippen LogP contribution in [0.4, 0.5) is 0 Å². The Morgan fingerprint density at radius 3 is 2.84 bits per heavy atom. The lowest BCUT2D eigenvalue weighted by Gasteiger charge is -2.41. The lowest BCUT2D eigenvalue weighted by Crippen LogP contribution is -2.46. The molecule has 1 aliphatic rings. The summed E-state index contributed by atoms with van der Waals surface area (Å²) in [5, 5.41) is 0. The molecule has 0 saturated heterocycles. The van der Waals surface area contributed by atoms with Gasteiger partial charge < -0.3 is 15.2 Å². The third kappa shape index (κ3) is 2.77. The van der Waals surface area contributed by atoms with Crippen LogP contribution in [-0.2, 0) is 16.7 Å². The maximum absolute atomic E-state index is 6.77. The van der Waals surface area contributed by atoms with E-state index in [1.165, 1.54) is 11.1 Å². The van der Waals surface area contributed by atoms with Gasteiger partial charge in [0.25, 0.3) is 0 Å². The predicted molar refractivity (Wildman–Crippen MR) is 77.5 cm³/mol. The highest BCUT2D eigenvalue weighted by molar-refractivity contribution is 5.42. The van der Waals surface area contributed by atoms with Crippen molar-refractivity contribution in [3.63, 3.8) is 0 Å². The van der Waals surface area contributed by atoms with Gasteiger partial charge in [0.05, 0.1) is 7.11 Å². The number of hydrogen-bond donors (Lipinski definition) is 1. The van der Waals surface area contributed by atoms with E-state index in [1.54, 1.807) is 14.2 Å². The Morgan fingerprint density at radius 2 is 2.16 bits per heavy atom. The fourth-order valence-corrected chi connectivity index (χ4v) is 3.10. The molecule has 3 nitrogen and oxygen atoms in total. The minimum Gasteiger partial charge on any atom is -0.497 e. The highest BCUT2D eigenvalue weighted by Crippen LogP contribution is 2.41. The summed E-state index contributed by atoms with van der Waals surface area (Å²) in [6.07, 6.45) is 4.31. The van der Waals surface area contributed by atoms with Crippen LogP contribution in [0.15, 0.2) is 18.2 Å². The van der Waals surface area contributed by atoms with Crippen LogP contribution in [0.2, 0.25) is 0 Å². The predicted octanol–water partition coefficient (Wildman–Crippen LogP) is 2.86. The van der Waals surface area contributed by atoms with Gasteiger partial charge in [-0.1, -0.05) is 13.0 Å². The fourth-order valence-electron chi connectivity index (χ4n) is 3.10. The molecular formula is C16H25NO2. The van der Waals surface area contributed by atoms with Crippen molar-refractivity contribution >= 4 is 0 Å². The third-order valence-corrected chi connectivity index (χ3v) is 4.49. The topological polar surface area (TPSA) is 44.5 Å². The number of nitrogens with two attached hydrogens (primary N) is 1. The van der Waals surface area contributed by atoms with Crippen LogP contribution in [0.5, 0.6) is 5.75 Å². The van der Waals surface area contributed by atoms with E-state index in [4.69, 9.17) is 15.2 Å². The molecular weight excluding hydrogens is 238 g/mol. The van der Waals surface area contributed by atoms with Gasteiger partial charge >= 0.3 is 0 Å². The average Bonchev–Trinajstić information content (AvgIpc) is 2.44. The van der Waals surface area contributed by atoms with Gasteiger partial charge in [0.15, 0.2) is 0 Å². The minimum absolute atomic E-state index is 0.249. The van der Waals surface area contributed by atoms with E-state index in [9.17, 15) is 0 Å². The number of methoxy groups -OCH3 is 2. The summed E-state index contributed by atoms with van der Waals surface area (Å²) in [4.78, 5) is 0. The van der Waals surface area contributed by atoms with Gasteiger partial charge in [-0.05, 0) is 54.9 Å². The van der Waals surface area contributed by atoms with Gasteiger partial charge in [-0.25, -0.2) is 0 Å². The molecule has 2 unspecified atom stereocenters. The summed E-state index contributed by atoms with van der Waals surface area (Å²) in [5.41, 5.74) is 9.16. The van der Waals surface area contributed by atoms with Crippen LogP contribution in [-0.4, -0.2) is 20.8 Å². The van der Waals surface area contributed by atoms with E-state index >= 15 is 0 Å². The minimum atomic E-state index is -0.249. The first-order valence-electron chi connectivity index (χ1n) is 7.07. The van der Waals surface area contributed by atoms with E-state index in [0.717, 1.165) is 38.0 Å². The first-order chi connectivity index (χ1) is 9.11. The lowest BCUT2D eigenvalue weighted by atomic mass is 9.69. The number of benzene rings is 1. The Morgan fingerprint density at radius 1 is 1.37 bits per heavy atom. The lowest BCUT2D eigenvalue weighted by molar-refractivity contribution is 0.147. The molecule has 1 aromatic carbocycles. The highest BCUT2D eigenvalue weighted by atomic mass is 16.5. The van der Waals surface area contributed by atoms with Crippen molar-refractivity contribution in [3.8, 4) is 5.75 Å². The van der Waals surface area contributed by atoms with Crippen LogP contribution < -0.4 is 10.5 Å². The molecule has 1 aliphatic carbocycles. The summed E-state index contributed by atoms with van der Waals surface area (Å²) in [5.74, 6) is 1.30. The molecule has 0 aliphatic heterocycles. The molecule has 2 atom stereocenters. The monoisotopic (exact) mass is 263 g/mol. The summed E-state index contributed by atoms with van der Waals surface area (Å²) in [6, 6.07) is 6.32. The Bertz CT molecular complexity index is 433. The molecule has 0 bridgehead atoms. The van der Waals surface area contributed by atoms with Gasteiger partial charge in [-0.2, -0.15) is 0 Å². The van der Waals surface area contributed by atoms with Crippen molar-refractivity contribution in [2.24, 2.45) is 11.7 Å². The molecule has 0 radical (unpaired) electrons. The Balaban J connectivity index is 2.33. The normalized spacial score (nSPS) is 23.8. The standard InChI is InChI=1S/C16H25NO2/c1-12(8-10-18-2)16(17)9-4-5-13-6-7-14(19-3)11-15(13)16/h6-7,11-12H,4-5,8-10,17H2,1-3H3. The number of aryl methyl sites for hydroxylation is 1. The van der Waals surface area contributed by atoms with E-state index in [-0.39, 0.29) is 5.54 Å². The van der Waals surface area contributed by atoms with E-state index in [0.29, 0.717) is 5.92 Å². The van der Waals surface area contributed by atoms with Crippen molar-refractivity contribution in [1.82, 2.24) is 0 Å². The molecule has 3 heteroatoms. The quantitative estimate of drug-likeness (QED) is 0.888. The Kier molecular flexibility index (Phi) is 4.48. The van der Waals surface area contributed by atoms with Crippen LogP contribution in [0.25, 0.3) is 0 Å². The first-order valence-corrected chi connectivity index (χ1v) is 7.07. The zero-order chi connectivity index (χ0) is 13.9. The SMILES string of the molecule is COCCC(C)C1(N)CCCc2ccc(OC)cc21. The number of fused-ring (bicyclic) bond motifs is 1.